The number of hydrogen-bond donors (Lipinski definition) is 3. The summed E-state index contributed by atoms with van der Waals surface area (Å²) in [4.78, 5) is 12.8. The number of carbonyl (C=O) groups is 1. The molecule has 180 valence electrons. The minimum Gasteiger partial charge on any atom is -0.393 e. The Morgan fingerprint density at radius 1 is 1.25 bits per heavy atom. The zero-order chi connectivity index (χ0) is 23.4. The van der Waals surface area contributed by atoms with Gasteiger partial charge in [-0.3, -0.25) is 0 Å². The quantitative estimate of drug-likeness (QED) is 0.411. The van der Waals surface area contributed by atoms with Gasteiger partial charge in [0.15, 0.2) is 0 Å². The molecule has 0 spiro atoms. The fourth-order valence-corrected chi connectivity index (χ4v) is 8.50. The molecule has 4 aliphatic carbocycles. The zero-order valence-electron chi connectivity index (χ0n) is 20.5. The summed E-state index contributed by atoms with van der Waals surface area (Å²) in [7, 11) is 0. The molecule has 0 amide bonds. The van der Waals surface area contributed by atoms with Gasteiger partial charge in [0.1, 0.15) is 6.29 Å². The summed E-state index contributed by atoms with van der Waals surface area (Å²) in [6.45, 7) is 13.0. The largest absolute Gasteiger partial charge is 0.393 e. The topological polar surface area (TPSA) is 77.8 Å². The second kappa shape index (κ2) is 8.67. The van der Waals surface area contributed by atoms with E-state index in [0.29, 0.717) is 37.0 Å². The number of hydrogen-bond acceptors (Lipinski definition) is 4. The first-order valence-corrected chi connectivity index (χ1v) is 12.9. The molecule has 3 fully saturated rings. The molecule has 0 radical (unpaired) electrons. The molecule has 4 heteroatoms. The molecule has 0 bridgehead atoms. The third-order valence-corrected chi connectivity index (χ3v) is 10.4. The predicted molar refractivity (Wildman–Crippen MR) is 127 cm³/mol. The number of aldehydes is 1. The van der Waals surface area contributed by atoms with Gasteiger partial charge >= 0.3 is 0 Å². The third kappa shape index (κ3) is 3.56. The van der Waals surface area contributed by atoms with E-state index < -0.39 is 29.1 Å². The molecule has 3 unspecified atom stereocenters. The van der Waals surface area contributed by atoms with E-state index in [4.69, 9.17) is 0 Å². The molecule has 4 rings (SSSR count). The van der Waals surface area contributed by atoms with E-state index in [1.54, 1.807) is 0 Å². The van der Waals surface area contributed by atoms with Gasteiger partial charge < -0.3 is 20.1 Å². The van der Waals surface area contributed by atoms with Crippen LogP contribution in [0.1, 0.15) is 79.1 Å². The van der Waals surface area contributed by atoms with Crippen LogP contribution >= 0.6 is 0 Å². The van der Waals surface area contributed by atoms with Crippen molar-refractivity contribution < 1.29 is 20.1 Å². The van der Waals surface area contributed by atoms with Crippen LogP contribution in [-0.4, -0.2) is 39.9 Å². The van der Waals surface area contributed by atoms with Crippen LogP contribution in [0.25, 0.3) is 0 Å². The van der Waals surface area contributed by atoms with Crippen molar-refractivity contribution in [2.75, 3.05) is 0 Å². The van der Waals surface area contributed by atoms with Gasteiger partial charge in [0, 0.05) is 17.3 Å². The molecule has 4 aliphatic rings. The van der Waals surface area contributed by atoms with Gasteiger partial charge in [-0.15, -0.1) is 0 Å². The molecule has 32 heavy (non-hydrogen) atoms. The van der Waals surface area contributed by atoms with Crippen LogP contribution in [0, 0.1) is 46.3 Å². The second-order valence-electron chi connectivity index (χ2n) is 12.2. The highest BCUT2D eigenvalue weighted by Crippen LogP contribution is 2.66. The van der Waals surface area contributed by atoms with Gasteiger partial charge in [-0.25, -0.2) is 0 Å². The monoisotopic (exact) mass is 444 g/mol. The van der Waals surface area contributed by atoms with Crippen LogP contribution in [0.2, 0.25) is 0 Å². The number of rotatable bonds is 6. The van der Waals surface area contributed by atoms with E-state index in [-0.39, 0.29) is 17.8 Å². The first-order chi connectivity index (χ1) is 15.1. The Balaban J connectivity index is 1.61. The van der Waals surface area contributed by atoms with E-state index >= 15 is 0 Å². The van der Waals surface area contributed by atoms with Crippen LogP contribution in [0.5, 0.6) is 0 Å². The molecule has 10 atom stereocenters. The molecule has 0 aromatic heterocycles. The fourth-order valence-electron chi connectivity index (χ4n) is 8.50. The third-order valence-electron chi connectivity index (χ3n) is 10.4. The lowest BCUT2D eigenvalue weighted by Gasteiger charge is -2.60. The summed E-state index contributed by atoms with van der Waals surface area (Å²) in [6, 6.07) is 0. The summed E-state index contributed by atoms with van der Waals surface area (Å²) in [5, 5.41) is 32.8. The van der Waals surface area contributed by atoms with Crippen LogP contribution in [0.4, 0.5) is 0 Å². The molecule has 0 aliphatic heterocycles. The molecule has 3 saturated carbocycles. The summed E-state index contributed by atoms with van der Waals surface area (Å²) in [6.07, 6.45) is 8.13. The van der Waals surface area contributed by atoms with E-state index in [2.05, 4.69) is 40.3 Å². The molecule has 0 heterocycles. The van der Waals surface area contributed by atoms with Gasteiger partial charge in [-0.2, -0.15) is 0 Å². The Hall–Kier alpha value is -0.970. The van der Waals surface area contributed by atoms with E-state index in [9.17, 15) is 20.1 Å². The lowest BCUT2D eigenvalue weighted by Crippen LogP contribution is -2.61. The van der Waals surface area contributed by atoms with Crippen molar-refractivity contribution in [3.05, 3.63) is 23.8 Å². The fraction of sp³-hybridized carbons (Fsp3) is 0.821. The van der Waals surface area contributed by atoms with Gasteiger partial charge in [-0.05, 0) is 80.5 Å². The van der Waals surface area contributed by atoms with E-state index in [1.165, 1.54) is 11.9 Å². The summed E-state index contributed by atoms with van der Waals surface area (Å²) >= 11 is 0. The highest BCUT2D eigenvalue weighted by atomic mass is 16.3. The molecule has 0 saturated heterocycles. The lowest BCUT2D eigenvalue weighted by atomic mass is 9.45. The minimum atomic E-state index is -0.651. The van der Waals surface area contributed by atoms with Crippen molar-refractivity contribution in [1.82, 2.24) is 0 Å². The maximum atomic E-state index is 12.8. The Morgan fingerprint density at radius 3 is 2.62 bits per heavy atom. The second-order valence-corrected chi connectivity index (χ2v) is 12.2. The molecule has 0 aromatic rings. The van der Waals surface area contributed by atoms with Crippen LogP contribution in [0.15, 0.2) is 23.8 Å². The summed E-state index contributed by atoms with van der Waals surface area (Å²) in [5.41, 5.74) is 1.43. The number of fused-ring (bicyclic) bond motifs is 5. The summed E-state index contributed by atoms with van der Waals surface area (Å²) in [5.74, 6) is 1.65. The lowest BCUT2D eigenvalue weighted by molar-refractivity contribution is -0.166. The summed E-state index contributed by atoms with van der Waals surface area (Å²) < 4.78 is 0. The van der Waals surface area contributed by atoms with Crippen LogP contribution in [-0.2, 0) is 4.79 Å². The highest BCUT2D eigenvalue weighted by molar-refractivity contribution is 5.62. The first-order valence-electron chi connectivity index (χ1n) is 12.9. The first kappa shape index (κ1) is 24.2. The van der Waals surface area contributed by atoms with Gasteiger partial charge in [0.25, 0.3) is 0 Å². The zero-order valence-corrected chi connectivity index (χ0v) is 20.5. The SMILES string of the molecule is C=C(CC[C@@H](C)[C@H]1CCC2C3CC=C4C[C@@H](O)C[C@H](O)[C@]4(C)C3[C@H](O)C[C@@]21C=O)C(C)C. The molecular weight excluding hydrogens is 400 g/mol. The van der Waals surface area contributed by atoms with E-state index in [1.807, 2.05) is 0 Å². The maximum Gasteiger partial charge on any atom is 0.126 e. The van der Waals surface area contributed by atoms with Crippen LogP contribution < -0.4 is 0 Å². The Bertz CT molecular complexity index is 771. The minimum absolute atomic E-state index is 0.0437. The van der Waals surface area contributed by atoms with Crippen LogP contribution in [0.3, 0.4) is 0 Å². The average Bonchev–Trinajstić information content (AvgIpc) is 3.12. The standard InChI is InChI=1S/C28H44O4/c1-16(2)17(3)6-7-18(4)22-10-11-23-21-9-8-19-12-20(30)13-25(32)27(19,5)26(21)24(31)14-28(22,23)15-29/h8,15-16,18,20-26,30-32H,3,6-7,9-14H2,1-2,4-5H3/t18-,20-,21?,22-,23?,24-,25+,26?,27-,28+/m1/s1. The van der Waals surface area contributed by atoms with Crippen molar-refractivity contribution in [3.8, 4) is 0 Å². The van der Waals surface area contributed by atoms with E-state index in [0.717, 1.165) is 37.7 Å². The Labute approximate surface area is 194 Å². The van der Waals surface area contributed by atoms with Gasteiger partial charge in [-0.1, -0.05) is 51.5 Å². The van der Waals surface area contributed by atoms with Crippen molar-refractivity contribution in [3.63, 3.8) is 0 Å². The Kier molecular flexibility index (Phi) is 6.55. The van der Waals surface area contributed by atoms with Crippen molar-refractivity contribution >= 4 is 6.29 Å². The molecular formula is C28H44O4. The average molecular weight is 445 g/mol. The molecule has 4 nitrogen and oxygen atoms in total. The number of allylic oxidation sites excluding steroid dienone is 2. The van der Waals surface area contributed by atoms with Gasteiger partial charge in [0.2, 0.25) is 0 Å². The highest BCUT2D eigenvalue weighted by Gasteiger charge is 2.65. The number of aliphatic hydroxyl groups is 3. The predicted octanol–water partition coefficient (Wildman–Crippen LogP) is 4.68. The van der Waals surface area contributed by atoms with Crippen molar-refractivity contribution in [2.45, 2.75) is 97.4 Å². The smallest absolute Gasteiger partial charge is 0.126 e. The Morgan fingerprint density at radius 2 is 1.97 bits per heavy atom. The maximum absolute atomic E-state index is 12.8. The van der Waals surface area contributed by atoms with Crippen molar-refractivity contribution in [1.29, 1.82) is 0 Å². The van der Waals surface area contributed by atoms with Gasteiger partial charge in [0.05, 0.1) is 18.3 Å². The normalized spacial score (nSPS) is 46.6. The number of aliphatic hydroxyl groups excluding tert-OH is 3. The molecule has 3 N–H and O–H groups in total. The number of carbonyl (C=O) groups excluding carboxylic acids is 1. The molecule has 0 aromatic carbocycles. The van der Waals surface area contributed by atoms with Crippen molar-refractivity contribution in [2.24, 2.45) is 46.3 Å².